The summed E-state index contributed by atoms with van der Waals surface area (Å²) in [6.45, 7) is 5.50. The van der Waals surface area contributed by atoms with Gasteiger partial charge in [0.1, 0.15) is 0 Å². The summed E-state index contributed by atoms with van der Waals surface area (Å²) < 4.78 is 5.30. The molecule has 0 aliphatic carbocycles. The van der Waals surface area contributed by atoms with Crippen molar-refractivity contribution in [2.75, 3.05) is 25.1 Å². The number of morpholine rings is 1. The minimum Gasteiger partial charge on any atom is -0.478 e. The van der Waals surface area contributed by atoms with Gasteiger partial charge in [-0.1, -0.05) is 0 Å². The van der Waals surface area contributed by atoms with Gasteiger partial charge in [-0.2, -0.15) is 0 Å². The summed E-state index contributed by atoms with van der Waals surface area (Å²) in [5.41, 5.74) is 2.27. The molecule has 6 heteroatoms. The Labute approximate surface area is 123 Å². The maximum Gasteiger partial charge on any atom is 0.336 e. The molecule has 1 aromatic rings. The van der Waals surface area contributed by atoms with E-state index in [0.717, 1.165) is 12.1 Å². The summed E-state index contributed by atoms with van der Waals surface area (Å²) in [6.07, 6.45) is 0.301. The summed E-state index contributed by atoms with van der Waals surface area (Å²) in [7, 11) is 0. The van der Waals surface area contributed by atoms with Gasteiger partial charge >= 0.3 is 5.97 Å². The number of hydrogen-bond donors (Lipinski definition) is 3. The zero-order chi connectivity index (χ0) is 15.4. The number of amides is 1. The van der Waals surface area contributed by atoms with Crippen molar-refractivity contribution in [3.05, 3.63) is 28.8 Å². The van der Waals surface area contributed by atoms with Gasteiger partial charge in [0.15, 0.2) is 0 Å². The smallest absolute Gasteiger partial charge is 0.336 e. The first kappa shape index (κ1) is 15.5. The normalized spacial score (nSPS) is 18.3. The number of ether oxygens (including phenoxy) is 1. The van der Waals surface area contributed by atoms with Gasteiger partial charge in [0.25, 0.3) is 0 Å². The highest BCUT2D eigenvalue weighted by Crippen LogP contribution is 2.20. The predicted octanol–water partition coefficient (Wildman–Crippen LogP) is 1.32. The van der Waals surface area contributed by atoms with Gasteiger partial charge in [0.2, 0.25) is 5.91 Å². The van der Waals surface area contributed by atoms with Crippen molar-refractivity contribution >= 4 is 17.6 Å². The highest BCUT2D eigenvalue weighted by atomic mass is 16.5. The average molecular weight is 292 g/mol. The minimum absolute atomic E-state index is 0.00393. The van der Waals surface area contributed by atoms with Crippen LogP contribution in [0.15, 0.2) is 12.1 Å². The van der Waals surface area contributed by atoms with Crippen molar-refractivity contribution in [2.45, 2.75) is 26.3 Å². The number of carboxylic acid groups (broad SMARTS) is 1. The Morgan fingerprint density at radius 1 is 1.43 bits per heavy atom. The molecule has 1 saturated heterocycles. The van der Waals surface area contributed by atoms with Crippen LogP contribution in [0.2, 0.25) is 0 Å². The number of hydrogen-bond acceptors (Lipinski definition) is 4. The van der Waals surface area contributed by atoms with E-state index in [-0.39, 0.29) is 17.5 Å². The summed E-state index contributed by atoms with van der Waals surface area (Å²) in [5, 5.41) is 15.1. The molecule has 0 radical (unpaired) electrons. The van der Waals surface area contributed by atoms with E-state index < -0.39 is 5.97 Å². The van der Waals surface area contributed by atoms with Crippen molar-refractivity contribution in [1.29, 1.82) is 0 Å². The number of nitrogens with one attached hydrogen (secondary N) is 2. The number of aryl methyl sites for hydroxylation is 1. The van der Waals surface area contributed by atoms with Gasteiger partial charge in [-0.05, 0) is 37.1 Å². The van der Waals surface area contributed by atoms with Crippen molar-refractivity contribution in [3.8, 4) is 0 Å². The van der Waals surface area contributed by atoms with Gasteiger partial charge in [0, 0.05) is 24.7 Å². The highest BCUT2D eigenvalue weighted by Gasteiger charge is 2.18. The standard InChI is InChI=1S/C15H20N2O4/c1-9-5-11(6-13(10(9)2)15(19)20)17-14(18)7-12-8-21-4-3-16-12/h5-6,12,16H,3-4,7-8H2,1-2H3,(H,17,18)(H,19,20). The third-order valence-corrected chi connectivity index (χ3v) is 3.61. The molecule has 1 aromatic carbocycles. The van der Waals surface area contributed by atoms with E-state index in [0.29, 0.717) is 30.9 Å². The molecule has 6 nitrogen and oxygen atoms in total. The molecule has 1 heterocycles. The molecular formula is C15H20N2O4. The second kappa shape index (κ2) is 6.69. The first-order valence-electron chi connectivity index (χ1n) is 6.93. The summed E-state index contributed by atoms with van der Waals surface area (Å²) in [4.78, 5) is 23.2. The van der Waals surface area contributed by atoms with E-state index in [1.165, 1.54) is 6.07 Å². The fourth-order valence-corrected chi connectivity index (χ4v) is 2.34. The van der Waals surface area contributed by atoms with Gasteiger partial charge in [0.05, 0.1) is 18.8 Å². The van der Waals surface area contributed by atoms with Crippen LogP contribution < -0.4 is 10.6 Å². The molecule has 0 spiro atoms. The number of carbonyl (C=O) groups is 2. The Bertz CT molecular complexity index is 551. The number of carboxylic acids is 1. The lowest BCUT2D eigenvalue weighted by molar-refractivity contribution is -0.117. The van der Waals surface area contributed by atoms with Crippen LogP contribution in [-0.2, 0) is 9.53 Å². The maximum absolute atomic E-state index is 12.0. The molecule has 114 valence electrons. The van der Waals surface area contributed by atoms with Crippen LogP contribution in [0.1, 0.15) is 27.9 Å². The zero-order valence-corrected chi connectivity index (χ0v) is 12.2. The molecule has 2 rings (SSSR count). The van der Waals surface area contributed by atoms with Gasteiger partial charge < -0.3 is 20.5 Å². The lowest BCUT2D eigenvalue weighted by Gasteiger charge is -2.23. The van der Waals surface area contributed by atoms with Crippen LogP contribution in [0.25, 0.3) is 0 Å². The predicted molar refractivity (Wildman–Crippen MR) is 78.7 cm³/mol. The van der Waals surface area contributed by atoms with Crippen LogP contribution in [0.3, 0.4) is 0 Å². The molecule has 1 aliphatic heterocycles. The Balaban J connectivity index is 2.05. The fourth-order valence-electron chi connectivity index (χ4n) is 2.34. The van der Waals surface area contributed by atoms with E-state index in [1.54, 1.807) is 13.0 Å². The average Bonchev–Trinajstić information content (AvgIpc) is 2.43. The summed E-state index contributed by atoms with van der Waals surface area (Å²) in [5.74, 6) is -1.15. The Kier molecular flexibility index (Phi) is 4.93. The van der Waals surface area contributed by atoms with Crippen LogP contribution in [0, 0.1) is 13.8 Å². The second-order valence-electron chi connectivity index (χ2n) is 5.25. The molecule has 0 aromatic heterocycles. The lowest BCUT2D eigenvalue weighted by atomic mass is 10.0. The monoisotopic (exact) mass is 292 g/mol. The van der Waals surface area contributed by atoms with E-state index in [9.17, 15) is 14.7 Å². The van der Waals surface area contributed by atoms with Gasteiger partial charge in [-0.25, -0.2) is 4.79 Å². The molecule has 3 N–H and O–H groups in total. The van der Waals surface area contributed by atoms with Crippen molar-refractivity contribution in [3.63, 3.8) is 0 Å². The Morgan fingerprint density at radius 3 is 2.81 bits per heavy atom. The topological polar surface area (TPSA) is 87.7 Å². The molecule has 21 heavy (non-hydrogen) atoms. The molecule has 1 unspecified atom stereocenters. The third kappa shape index (κ3) is 4.03. The number of anilines is 1. The SMILES string of the molecule is Cc1cc(NC(=O)CC2COCCN2)cc(C(=O)O)c1C. The summed E-state index contributed by atoms with van der Waals surface area (Å²) in [6, 6.07) is 3.28. The maximum atomic E-state index is 12.0. The summed E-state index contributed by atoms with van der Waals surface area (Å²) >= 11 is 0. The highest BCUT2D eigenvalue weighted by molar-refractivity contribution is 5.95. The Hall–Kier alpha value is -1.92. The quantitative estimate of drug-likeness (QED) is 0.779. The number of aromatic carboxylic acids is 1. The van der Waals surface area contributed by atoms with Crippen LogP contribution in [0.4, 0.5) is 5.69 Å². The largest absolute Gasteiger partial charge is 0.478 e. The molecule has 0 bridgehead atoms. The van der Waals surface area contributed by atoms with Crippen molar-refractivity contribution in [1.82, 2.24) is 5.32 Å². The molecule has 1 amide bonds. The first-order chi connectivity index (χ1) is 9.97. The van der Waals surface area contributed by atoms with E-state index in [4.69, 9.17) is 4.74 Å². The van der Waals surface area contributed by atoms with Crippen LogP contribution >= 0.6 is 0 Å². The first-order valence-corrected chi connectivity index (χ1v) is 6.93. The molecule has 0 saturated carbocycles. The van der Waals surface area contributed by atoms with Gasteiger partial charge in [-0.3, -0.25) is 4.79 Å². The van der Waals surface area contributed by atoms with Crippen LogP contribution in [0.5, 0.6) is 0 Å². The Morgan fingerprint density at radius 2 is 2.19 bits per heavy atom. The van der Waals surface area contributed by atoms with Crippen molar-refractivity contribution in [2.24, 2.45) is 0 Å². The molecule has 1 aliphatic rings. The number of carbonyl (C=O) groups excluding carboxylic acids is 1. The lowest BCUT2D eigenvalue weighted by Crippen LogP contribution is -2.43. The van der Waals surface area contributed by atoms with Crippen LogP contribution in [-0.4, -0.2) is 42.8 Å². The zero-order valence-electron chi connectivity index (χ0n) is 12.2. The van der Waals surface area contributed by atoms with E-state index in [1.807, 2.05) is 6.92 Å². The second-order valence-corrected chi connectivity index (χ2v) is 5.25. The number of benzene rings is 1. The molecule has 1 atom stereocenters. The van der Waals surface area contributed by atoms with E-state index >= 15 is 0 Å². The molecule has 1 fully saturated rings. The molecular weight excluding hydrogens is 272 g/mol. The third-order valence-electron chi connectivity index (χ3n) is 3.61. The van der Waals surface area contributed by atoms with E-state index in [2.05, 4.69) is 10.6 Å². The van der Waals surface area contributed by atoms with Gasteiger partial charge in [-0.15, -0.1) is 0 Å². The van der Waals surface area contributed by atoms with Crippen molar-refractivity contribution < 1.29 is 19.4 Å². The number of rotatable bonds is 4. The fraction of sp³-hybridized carbons (Fsp3) is 0.467. The minimum atomic E-state index is -0.992.